The lowest BCUT2D eigenvalue weighted by Gasteiger charge is -2.11. The molecule has 0 radical (unpaired) electrons. The number of amides is 1. The number of aromatic nitrogens is 3. The molecule has 1 amide bonds. The Kier molecular flexibility index (Phi) is 4.57. The molecule has 3 aromatic rings. The molecule has 2 heterocycles. The second kappa shape index (κ2) is 6.80. The molecule has 0 fully saturated rings. The maximum Gasteiger partial charge on any atom is 0.257 e. The summed E-state index contributed by atoms with van der Waals surface area (Å²) in [5.74, 6) is -0.170. The molecule has 2 N–H and O–H groups in total. The predicted octanol–water partition coefficient (Wildman–Crippen LogP) is 2.64. The maximum atomic E-state index is 12.6. The summed E-state index contributed by atoms with van der Waals surface area (Å²) in [6.45, 7) is 5.56. The minimum Gasteiger partial charge on any atom is -0.322 e. The number of carbonyl (C=O) groups is 1. The number of rotatable bonds is 5. The average Bonchev–Trinajstić information content (AvgIpc) is 2.88. The van der Waals surface area contributed by atoms with Crippen LogP contribution in [0.1, 0.15) is 28.5 Å². The molecule has 0 spiro atoms. The van der Waals surface area contributed by atoms with Crippen molar-refractivity contribution < 1.29 is 4.79 Å². The Morgan fingerprint density at radius 1 is 1.29 bits per heavy atom. The summed E-state index contributed by atoms with van der Waals surface area (Å²) in [5, 5.41) is 11.5. The van der Waals surface area contributed by atoms with E-state index in [-0.39, 0.29) is 5.91 Å². The molecule has 0 saturated heterocycles. The smallest absolute Gasteiger partial charge is 0.257 e. The van der Waals surface area contributed by atoms with Gasteiger partial charge in [-0.1, -0.05) is 25.1 Å². The van der Waals surface area contributed by atoms with Gasteiger partial charge in [-0.3, -0.25) is 9.48 Å². The van der Waals surface area contributed by atoms with Gasteiger partial charge in [0.05, 0.1) is 11.3 Å². The van der Waals surface area contributed by atoms with Crippen LogP contribution >= 0.6 is 0 Å². The molecule has 0 aliphatic rings. The summed E-state index contributed by atoms with van der Waals surface area (Å²) < 4.78 is 1.72. The Bertz CT molecular complexity index is 884. The first-order chi connectivity index (χ1) is 11.6. The minimum atomic E-state index is -0.170. The lowest BCUT2D eigenvalue weighted by molar-refractivity contribution is 0.102. The van der Waals surface area contributed by atoms with Crippen molar-refractivity contribution in [2.75, 3.05) is 11.9 Å². The van der Waals surface area contributed by atoms with Crippen molar-refractivity contribution >= 4 is 22.6 Å². The first kappa shape index (κ1) is 16.1. The average molecular weight is 323 g/mol. The van der Waals surface area contributed by atoms with Gasteiger partial charge in [0.15, 0.2) is 5.65 Å². The zero-order valence-corrected chi connectivity index (χ0v) is 14.1. The molecule has 0 bridgehead atoms. The van der Waals surface area contributed by atoms with Gasteiger partial charge >= 0.3 is 0 Å². The zero-order valence-electron chi connectivity index (χ0n) is 14.1. The first-order valence-electron chi connectivity index (χ1n) is 7.99. The largest absolute Gasteiger partial charge is 0.322 e. The number of hydrogen-bond acceptors (Lipinski definition) is 4. The van der Waals surface area contributed by atoms with Gasteiger partial charge in [-0.2, -0.15) is 5.10 Å². The first-order valence-corrected chi connectivity index (χ1v) is 7.99. The number of para-hydroxylation sites is 1. The van der Waals surface area contributed by atoms with Crippen LogP contribution < -0.4 is 10.6 Å². The van der Waals surface area contributed by atoms with E-state index in [1.807, 2.05) is 44.3 Å². The van der Waals surface area contributed by atoms with Crippen LogP contribution in [0.25, 0.3) is 11.0 Å². The second-order valence-corrected chi connectivity index (χ2v) is 5.70. The Labute approximate surface area is 140 Å². The summed E-state index contributed by atoms with van der Waals surface area (Å²) in [7, 11) is 1.85. The van der Waals surface area contributed by atoms with E-state index in [2.05, 4.69) is 27.6 Å². The Balaban J connectivity index is 1.86. The summed E-state index contributed by atoms with van der Waals surface area (Å²) in [6, 6.07) is 9.64. The summed E-state index contributed by atoms with van der Waals surface area (Å²) in [6.07, 6.45) is 1.59. The fourth-order valence-corrected chi connectivity index (χ4v) is 2.68. The quantitative estimate of drug-likeness (QED) is 0.757. The molecule has 0 unspecified atom stereocenters. The van der Waals surface area contributed by atoms with Crippen molar-refractivity contribution in [3.8, 4) is 0 Å². The highest BCUT2D eigenvalue weighted by molar-refractivity contribution is 6.06. The van der Waals surface area contributed by atoms with Crippen molar-refractivity contribution in [1.82, 2.24) is 20.1 Å². The lowest BCUT2D eigenvalue weighted by Crippen LogP contribution is -2.17. The van der Waals surface area contributed by atoms with Gasteiger partial charge in [0.25, 0.3) is 5.91 Å². The van der Waals surface area contributed by atoms with Crippen LogP contribution in [-0.4, -0.2) is 27.2 Å². The van der Waals surface area contributed by atoms with Gasteiger partial charge in [-0.05, 0) is 31.2 Å². The molecule has 3 rings (SSSR count). The third-order valence-electron chi connectivity index (χ3n) is 3.96. The number of fused-ring (bicyclic) bond motifs is 1. The topological polar surface area (TPSA) is 71.8 Å². The Morgan fingerprint density at radius 2 is 2.08 bits per heavy atom. The number of aryl methyl sites for hydroxylation is 2. The SMILES string of the molecule is CCNCc1ccccc1NC(=O)c1cnc2c(c1)c(C)nn2C. The summed E-state index contributed by atoms with van der Waals surface area (Å²) in [5.41, 5.74) is 4.03. The number of carbonyl (C=O) groups excluding carboxylic acids is 1. The Hall–Kier alpha value is -2.73. The van der Waals surface area contributed by atoms with Crippen LogP contribution in [0.4, 0.5) is 5.69 Å². The number of nitrogens with zero attached hydrogens (tertiary/aromatic N) is 3. The molecular weight excluding hydrogens is 302 g/mol. The normalized spacial score (nSPS) is 11.0. The molecule has 6 heteroatoms. The number of pyridine rings is 1. The van der Waals surface area contributed by atoms with Crippen LogP contribution in [0.3, 0.4) is 0 Å². The van der Waals surface area contributed by atoms with E-state index in [4.69, 9.17) is 0 Å². The van der Waals surface area contributed by atoms with Gasteiger partial charge in [-0.25, -0.2) is 4.98 Å². The highest BCUT2D eigenvalue weighted by Crippen LogP contribution is 2.19. The molecular formula is C18H21N5O. The zero-order chi connectivity index (χ0) is 17.1. The van der Waals surface area contributed by atoms with Crippen molar-refractivity contribution in [3.63, 3.8) is 0 Å². The van der Waals surface area contributed by atoms with E-state index in [0.717, 1.165) is 34.5 Å². The molecule has 6 nitrogen and oxygen atoms in total. The van der Waals surface area contributed by atoms with Crippen LogP contribution in [0.5, 0.6) is 0 Å². The Morgan fingerprint density at radius 3 is 2.88 bits per heavy atom. The molecule has 1 aromatic carbocycles. The van der Waals surface area contributed by atoms with Gasteiger partial charge in [0.2, 0.25) is 0 Å². The minimum absolute atomic E-state index is 0.170. The van der Waals surface area contributed by atoms with Crippen LogP contribution in [0.15, 0.2) is 36.5 Å². The van der Waals surface area contributed by atoms with Crippen molar-refractivity contribution in [1.29, 1.82) is 0 Å². The van der Waals surface area contributed by atoms with Crippen molar-refractivity contribution in [3.05, 3.63) is 53.3 Å². The molecule has 0 saturated carbocycles. The van der Waals surface area contributed by atoms with Crippen LogP contribution in [0.2, 0.25) is 0 Å². The molecule has 0 atom stereocenters. The van der Waals surface area contributed by atoms with E-state index < -0.39 is 0 Å². The molecule has 2 aromatic heterocycles. The standard InChI is InChI=1S/C18H21N5O/c1-4-19-10-13-7-5-6-8-16(13)21-18(24)14-9-15-12(2)22-23(3)17(15)20-11-14/h5-9,11,19H,4,10H2,1-3H3,(H,21,24). The van der Waals surface area contributed by atoms with Crippen LogP contribution in [-0.2, 0) is 13.6 Å². The molecule has 0 aliphatic carbocycles. The monoisotopic (exact) mass is 323 g/mol. The van der Waals surface area contributed by atoms with Gasteiger partial charge in [0, 0.05) is 30.9 Å². The third-order valence-corrected chi connectivity index (χ3v) is 3.96. The van der Waals surface area contributed by atoms with Crippen molar-refractivity contribution in [2.45, 2.75) is 20.4 Å². The summed E-state index contributed by atoms with van der Waals surface area (Å²) >= 11 is 0. The number of anilines is 1. The van der Waals surface area contributed by atoms with E-state index in [9.17, 15) is 4.79 Å². The van der Waals surface area contributed by atoms with E-state index in [1.165, 1.54) is 0 Å². The third kappa shape index (κ3) is 3.14. The number of nitrogens with one attached hydrogen (secondary N) is 2. The highest BCUT2D eigenvalue weighted by atomic mass is 16.1. The molecule has 0 aliphatic heterocycles. The molecule has 124 valence electrons. The maximum absolute atomic E-state index is 12.6. The second-order valence-electron chi connectivity index (χ2n) is 5.70. The highest BCUT2D eigenvalue weighted by Gasteiger charge is 2.13. The number of benzene rings is 1. The summed E-state index contributed by atoms with van der Waals surface area (Å²) in [4.78, 5) is 17.0. The van der Waals surface area contributed by atoms with Gasteiger partial charge in [-0.15, -0.1) is 0 Å². The van der Waals surface area contributed by atoms with Crippen LogP contribution in [0, 0.1) is 6.92 Å². The van der Waals surface area contributed by atoms with Crippen molar-refractivity contribution in [2.24, 2.45) is 7.05 Å². The lowest BCUT2D eigenvalue weighted by atomic mass is 10.1. The predicted molar refractivity (Wildman–Crippen MR) is 95.0 cm³/mol. The number of hydrogen-bond donors (Lipinski definition) is 2. The molecule has 24 heavy (non-hydrogen) atoms. The fourth-order valence-electron chi connectivity index (χ4n) is 2.68. The fraction of sp³-hybridized carbons (Fsp3) is 0.278. The van der Waals surface area contributed by atoms with E-state index in [0.29, 0.717) is 12.1 Å². The van der Waals surface area contributed by atoms with Gasteiger partial charge in [0.1, 0.15) is 0 Å². The van der Waals surface area contributed by atoms with E-state index in [1.54, 1.807) is 10.9 Å². The van der Waals surface area contributed by atoms with Gasteiger partial charge < -0.3 is 10.6 Å². The van der Waals surface area contributed by atoms with E-state index >= 15 is 0 Å².